The normalized spacial score (nSPS) is 10.7. The van der Waals surface area contributed by atoms with Crippen molar-refractivity contribution in [2.24, 2.45) is 5.73 Å². The van der Waals surface area contributed by atoms with Gasteiger partial charge in [-0.15, -0.1) is 0 Å². The number of rotatable bonds is 8. The summed E-state index contributed by atoms with van der Waals surface area (Å²) >= 11 is 0. The zero-order chi connectivity index (χ0) is 19.9. The number of nitrogens with zero attached hydrogens (tertiary/aromatic N) is 3. The maximum absolute atomic E-state index is 13.0. The van der Waals surface area contributed by atoms with Gasteiger partial charge in [-0.1, -0.05) is 36.4 Å². The van der Waals surface area contributed by atoms with E-state index in [2.05, 4.69) is 17.2 Å². The molecular formula is C22H26N4O2. The Labute approximate surface area is 165 Å². The molecule has 0 saturated carbocycles. The molecule has 0 fully saturated rings. The van der Waals surface area contributed by atoms with Crippen LogP contribution in [0.15, 0.2) is 60.8 Å². The SMILES string of the molecule is COc1ccc(C)cc1-n1ccc(C(=O)N(CCN)CCc2ccccc2)n1. The highest BCUT2D eigenvalue weighted by atomic mass is 16.5. The predicted molar refractivity (Wildman–Crippen MR) is 110 cm³/mol. The Morgan fingerprint density at radius 2 is 1.93 bits per heavy atom. The van der Waals surface area contributed by atoms with Crippen LogP contribution in [0.3, 0.4) is 0 Å². The zero-order valence-electron chi connectivity index (χ0n) is 16.3. The quantitative estimate of drug-likeness (QED) is 0.654. The summed E-state index contributed by atoms with van der Waals surface area (Å²) in [5.41, 5.74) is 9.20. The monoisotopic (exact) mass is 378 g/mol. The topological polar surface area (TPSA) is 73.4 Å². The molecule has 3 rings (SSSR count). The Kier molecular flexibility index (Phi) is 6.45. The summed E-state index contributed by atoms with van der Waals surface area (Å²) in [6.45, 7) is 3.50. The minimum absolute atomic E-state index is 0.119. The first kappa shape index (κ1) is 19.6. The smallest absolute Gasteiger partial charge is 0.274 e. The van der Waals surface area contributed by atoms with Gasteiger partial charge in [0, 0.05) is 25.8 Å². The molecule has 1 aromatic heterocycles. The molecule has 1 amide bonds. The third-order valence-electron chi connectivity index (χ3n) is 4.59. The second-order valence-corrected chi connectivity index (χ2v) is 6.64. The number of carbonyl (C=O) groups is 1. The molecule has 2 aromatic carbocycles. The van der Waals surface area contributed by atoms with Gasteiger partial charge in [-0.05, 0) is 42.7 Å². The first-order valence-corrected chi connectivity index (χ1v) is 9.36. The maximum Gasteiger partial charge on any atom is 0.274 e. The van der Waals surface area contributed by atoms with Crippen LogP contribution >= 0.6 is 0 Å². The number of ether oxygens (including phenoxy) is 1. The number of hydrogen-bond acceptors (Lipinski definition) is 4. The number of carbonyl (C=O) groups excluding carboxylic acids is 1. The second kappa shape index (κ2) is 9.19. The van der Waals surface area contributed by atoms with Crippen molar-refractivity contribution < 1.29 is 9.53 Å². The molecule has 0 spiro atoms. The average molecular weight is 378 g/mol. The summed E-state index contributed by atoms with van der Waals surface area (Å²) in [7, 11) is 1.62. The fourth-order valence-corrected chi connectivity index (χ4v) is 3.09. The Morgan fingerprint density at radius 3 is 2.64 bits per heavy atom. The molecule has 3 aromatic rings. The summed E-state index contributed by atoms with van der Waals surface area (Å²) in [5, 5.41) is 4.49. The number of hydrogen-bond donors (Lipinski definition) is 1. The van der Waals surface area contributed by atoms with Gasteiger partial charge in [0.05, 0.1) is 7.11 Å². The van der Waals surface area contributed by atoms with Gasteiger partial charge in [0.2, 0.25) is 0 Å². The lowest BCUT2D eigenvalue weighted by molar-refractivity contribution is 0.0755. The minimum Gasteiger partial charge on any atom is -0.494 e. The van der Waals surface area contributed by atoms with Crippen LogP contribution in [-0.2, 0) is 6.42 Å². The van der Waals surface area contributed by atoms with Crippen LogP contribution in [0.1, 0.15) is 21.6 Å². The third-order valence-corrected chi connectivity index (χ3v) is 4.59. The highest BCUT2D eigenvalue weighted by Gasteiger charge is 2.19. The van der Waals surface area contributed by atoms with Crippen molar-refractivity contribution >= 4 is 5.91 Å². The molecule has 1 heterocycles. The van der Waals surface area contributed by atoms with Gasteiger partial charge < -0.3 is 15.4 Å². The first-order valence-electron chi connectivity index (χ1n) is 9.36. The maximum atomic E-state index is 13.0. The summed E-state index contributed by atoms with van der Waals surface area (Å²) in [5.74, 6) is 0.586. The molecule has 2 N–H and O–H groups in total. The zero-order valence-corrected chi connectivity index (χ0v) is 16.3. The first-order chi connectivity index (χ1) is 13.6. The number of aryl methyl sites for hydroxylation is 1. The van der Waals surface area contributed by atoms with Crippen molar-refractivity contribution in [3.05, 3.63) is 77.6 Å². The number of nitrogens with two attached hydrogens (primary N) is 1. The Hall–Kier alpha value is -3.12. The van der Waals surface area contributed by atoms with Crippen LogP contribution < -0.4 is 10.5 Å². The third kappa shape index (κ3) is 4.58. The summed E-state index contributed by atoms with van der Waals surface area (Å²) < 4.78 is 7.10. The fraction of sp³-hybridized carbons (Fsp3) is 0.273. The van der Waals surface area contributed by atoms with Crippen molar-refractivity contribution in [2.45, 2.75) is 13.3 Å². The van der Waals surface area contributed by atoms with Crippen LogP contribution in [0.2, 0.25) is 0 Å². The van der Waals surface area contributed by atoms with Gasteiger partial charge >= 0.3 is 0 Å². The van der Waals surface area contributed by atoms with E-state index >= 15 is 0 Å². The van der Waals surface area contributed by atoms with Crippen molar-refractivity contribution in [2.75, 3.05) is 26.7 Å². The molecule has 0 saturated heterocycles. The van der Waals surface area contributed by atoms with Crippen molar-refractivity contribution in [1.82, 2.24) is 14.7 Å². The van der Waals surface area contributed by atoms with Crippen LogP contribution in [0.5, 0.6) is 5.75 Å². The largest absolute Gasteiger partial charge is 0.494 e. The minimum atomic E-state index is -0.119. The van der Waals surface area contributed by atoms with Crippen LogP contribution in [0.25, 0.3) is 5.69 Å². The molecule has 0 aliphatic heterocycles. The lowest BCUT2D eigenvalue weighted by Crippen LogP contribution is -2.37. The predicted octanol–water partition coefficient (Wildman–Crippen LogP) is 2.83. The molecule has 6 nitrogen and oxygen atoms in total. The van der Waals surface area contributed by atoms with E-state index in [0.717, 1.165) is 17.7 Å². The van der Waals surface area contributed by atoms with Crippen LogP contribution in [0, 0.1) is 6.92 Å². The Morgan fingerprint density at radius 1 is 1.14 bits per heavy atom. The van der Waals surface area contributed by atoms with Gasteiger partial charge in [-0.3, -0.25) is 4.79 Å². The van der Waals surface area contributed by atoms with E-state index in [4.69, 9.17) is 10.5 Å². The van der Waals surface area contributed by atoms with E-state index in [9.17, 15) is 4.79 Å². The molecule has 0 radical (unpaired) electrons. The van der Waals surface area contributed by atoms with Crippen molar-refractivity contribution in [3.8, 4) is 11.4 Å². The lowest BCUT2D eigenvalue weighted by atomic mass is 10.1. The number of methoxy groups -OCH3 is 1. The standard InChI is InChI=1S/C22H26N4O2/c1-17-8-9-21(28-2)20(16-17)26-14-11-19(24-26)22(27)25(15-12-23)13-10-18-6-4-3-5-7-18/h3-9,11,14,16H,10,12-13,15,23H2,1-2H3. The molecular weight excluding hydrogens is 352 g/mol. The molecule has 0 bridgehead atoms. The second-order valence-electron chi connectivity index (χ2n) is 6.64. The lowest BCUT2D eigenvalue weighted by Gasteiger charge is -2.21. The summed E-state index contributed by atoms with van der Waals surface area (Å²) in [6, 6.07) is 17.7. The number of benzene rings is 2. The highest BCUT2D eigenvalue weighted by molar-refractivity contribution is 5.92. The molecule has 0 aliphatic carbocycles. The molecule has 6 heteroatoms. The summed E-state index contributed by atoms with van der Waals surface area (Å²) in [6.07, 6.45) is 2.56. The van der Waals surface area contributed by atoms with Crippen LogP contribution in [-0.4, -0.2) is 47.3 Å². The fourth-order valence-electron chi connectivity index (χ4n) is 3.09. The highest BCUT2D eigenvalue weighted by Crippen LogP contribution is 2.23. The number of aromatic nitrogens is 2. The van der Waals surface area contributed by atoms with Gasteiger partial charge in [-0.25, -0.2) is 4.68 Å². The van der Waals surface area contributed by atoms with Crippen molar-refractivity contribution in [1.29, 1.82) is 0 Å². The molecule has 146 valence electrons. The van der Waals surface area contributed by atoms with Gasteiger partial charge in [-0.2, -0.15) is 5.10 Å². The Bertz CT molecular complexity index is 921. The van der Waals surface area contributed by atoms with E-state index in [1.165, 1.54) is 5.56 Å². The van der Waals surface area contributed by atoms with Gasteiger partial charge in [0.1, 0.15) is 11.4 Å². The molecule has 0 atom stereocenters. The van der Waals surface area contributed by atoms with Crippen molar-refractivity contribution in [3.63, 3.8) is 0 Å². The molecule has 0 aliphatic rings. The van der Waals surface area contributed by atoms with Gasteiger partial charge in [0.15, 0.2) is 5.69 Å². The van der Waals surface area contributed by atoms with E-state index in [-0.39, 0.29) is 5.91 Å². The van der Waals surface area contributed by atoms with E-state index in [1.54, 1.807) is 29.0 Å². The van der Waals surface area contributed by atoms with Crippen LogP contribution in [0.4, 0.5) is 0 Å². The Balaban J connectivity index is 1.78. The van der Waals surface area contributed by atoms with E-state index in [1.807, 2.05) is 43.3 Å². The molecule has 0 unspecified atom stereocenters. The average Bonchev–Trinajstić information content (AvgIpc) is 3.21. The van der Waals surface area contributed by atoms with E-state index < -0.39 is 0 Å². The van der Waals surface area contributed by atoms with Gasteiger partial charge in [0.25, 0.3) is 5.91 Å². The van der Waals surface area contributed by atoms with E-state index in [0.29, 0.717) is 31.1 Å². The number of amides is 1. The molecule has 28 heavy (non-hydrogen) atoms. The summed E-state index contributed by atoms with van der Waals surface area (Å²) in [4.78, 5) is 14.7.